The fraction of sp³-hybridized carbons (Fsp3) is 0.263. The molecule has 0 aliphatic carbocycles. The van der Waals surface area contributed by atoms with E-state index in [1.165, 1.54) is 10.5 Å². The average Bonchev–Trinajstić information content (AvgIpc) is 2.83. The third-order valence-electron chi connectivity index (χ3n) is 4.80. The first-order chi connectivity index (χ1) is 11.2. The maximum absolute atomic E-state index is 12.9. The van der Waals surface area contributed by atoms with Gasteiger partial charge in [-0.3, -0.25) is 4.79 Å². The summed E-state index contributed by atoms with van der Waals surface area (Å²) in [5.74, 6) is -0.106. The Balaban J connectivity index is 1.74. The van der Waals surface area contributed by atoms with Crippen molar-refractivity contribution in [1.29, 1.82) is 0 Å². The van der Waals surface area contributed by atoms with Crippen molar-refractivity contribution >= 4 is 17.6 Å². The summed E-state index contributed by atoms with van der Waals surface area (Å²) in [7, 11) is 0. The van der Waals surface area contributed by atoms with Gasteiger partial charge in [-0.1, -0.05) is 49.4 Å². The van der Waals surface area contributed by atoms with Gasteiger partial charge in [0.05, 0.1) is 5.69 Å². The Morgan fingerprint density at radius 1 is 1.00 bits per heavy atom. The first-order valence-electron chi connectivity index (χ1n) is 8.00. The number of imide groups is 1. The first-order valence-corrected chi connectivity index (χ1v) is 8.00. The van der Waals surface area contributed by atoms with Gasteiger partial charge in [0.1, 0.15) is 6.04 Å². The zero-order chi connectivity index (χ0) is 16.0. The van der Waals surface area contributed by atoms with Crippen LogP contribution in [0.2, 0.25) is 0 Å². The molecule has 2 heterocycles. The standard InChI is InChI=1S/C19H18N2O2/c1-2-13-7-5-6-10-16(13)21-18(22)17-11-14-8-3-4-9-15(14)12-20(17)19(21)23/h3-10,17H,2,11-12H2,1H3/t17-/m1/s1. The number of rotatable bonds is 2. The van der Waals surface area contributed by atoms with E-state index in [2.05, 4.69) is 0 Å². The van der Waals surface area contributed by atoms with Crippen molar-refractivity contribution in [2.75, 3.05) is 4.90 Å². The SMILES string of the molecule is CCc1ccccc1N1C(=O)[C@H]2Cc3ccccc3CN2C1=O. The molecule has 116 valence electrons. The summed E-state index contributed by atoms with van der Waals surface area (Å²) >= 11 is 0. The molecule has 3 amide bonds. The summed E-state index contributed by atoms with van der Waals surface area (Å²) in [6.45, 7) is 2.54. The Morgan fingerprint density at radius 3 is 2.48 bits per heavy atom. The quantitative estimate of drug-likeness (QED) is 0.800. The second-order valence-electron chi connectivity index (χ2n) is 6.06. The molecule has 0 aromatic heterocycles. The van der Waals surface area contributed by atoms with E-state index in [-0.39, 0.29) is 18.0 Å². The first kappa shape index (κ1) is 14.0. The second-order valence-corrected chi connectivity index (χ2v) is 6.06. The molecular formula is C19H18N2O2. The number of carbonyl (C=O) groups is 2. The molecule has 2 aliphatic heterocycles. The van der Waals surface area contributed by atoms with Gasteiger partial charge >= 0.3 is 6.03 Å². The highest BCUT2D eigenvalue weighted by molar-refractivity contribution is 6.21. The maximum atomic E-state index is 12.9. The molecule has 0 unspecified atom stereocenters. The minimum absolute atomic E-state index is 0.106. The lowest BCUT2D eigenvalue weighted by molar-refractivity contribution is -0.120. The van der Waals surface area contributed by atoms with E-state index in [0.29, 0.717) is 13.0 Å². The van der Waals surface area contributed by atoms with Gasteiger partial charge in [-0.05, 0) is 29.2 Å². The van der Waals surface area contributed by atoms with Gasteiger partial charge in [0.15, 0.2) is 0 Å². The topological polar surface area (TPSA) is 40.6 Å². The van der Waals surface area contributed by atoms with Gasteiger partial charge in [-0.15, -0.1) is 0 Å². The van der Waals surface area contributed by atoms with E-state index in [1.54, 1.807) is 4.90 Å². The van der Waals surface area contributed by atoms with Gasteiger partial charge < -0.3 is 4.90 Å². The number of benzene rings is 2. The number of fused-ring (bicyclic) bond motifs is 2. The summed E-state index contributed by atoms with van der Waals surface area (Å²) < 4.78 is 0. The predicted octanol–water partition coefficient (Wildman–Crippen LogP) is 3.14. The molecule has 23 heavy (non-hydrogen) atoms. The highest BCUT2D eigenvalue weighted by atomic mass is 16.2. The fourth-order valence-electron chi connectivity index (χ4n) is 3.57. The van der Waals surface area contributed by atoms with E-state index in [9.17, 15) is 9.59 Å². The molecule has 0 saturated carbocycles. The van der Waals surface area contributed by atoms with E-state index < -0.39 is 0 Å². The number of aryl methyl sites for hydroxylation is 1. The number of amides is 3. The lowest BCUT2D eigenvalue weighted by Gasteiger charge is -2.28. The Morgan fingerprint density at radius 2 is 1.70 bits per heavy atom. The van der Waals surface area contributed by atoms with E-state index in [0.717, 1.165) is 23.2 Å². The summed E-state index contributed by atoms with van der Waals surface area (Å²) in [5.41, 5.74) is 4.05. The van der Waals surface area contributed by atoms with Crippen LogP contribution in [0.15, 0.2) is 48.5 Å². The van der Waals surface area contributed by atoms with Crippen LogP contribution in [0, 0.1) is 0 Å². The van der Waals surface area contributed by atoms with Crippen LogP contribution in [0.25, 0.3) is 0 Å². The Kier molecular flexibility index (Phi) is 3.18. The number of urea groups is 1. The minimum Gasteiger partial charge on any atom is -0.307 e. The average molecular weight is 306 g/mol. The van der Waals surface area contributed by atoms with Gasteiger partial charge in [-0.2, -0.15) is 0 Å². The van der Waals surface area contributed by atoms with Crippen molar-refractivity contribution in [3.63, 3.8) is 0 Å². The van der Waals surface area contributed by atoms with Crippen molar-refractivity contribution in [2.24, 2.45) is 0 Å². The van der Waals surface area contributed by atoms with Crippen LogP contribution in [0.3, 0.4) is 0 Å². The van der Waals surface area contributed by atoms with Gasteiger partial charge in [0.2, 0.25) is 0 Å². The summed E-state index contributed by atoms with van der Waals surface area (Å²) in [4.78, 5) is 28.8. The number of anilines is 1. The molecule has 4 heteroatoms. The fourth-order valence-corrected chi connectivity index (χ4v) is 3.57. The summed E-state index contributed by atoms with van der Waals surface area (Å²) in [5, 5.41) is 0. The molecule has 2 aromatic carbocycles. The van der Waals surface area contributed by atoms with Crippen LogP contribution in [0.5, 0.6) is 0 Å². The summed E-state index contributed by atoms with van der Waals surface area (Å²) in [6, 6.07) is 15.1. The van der Waals surface area contributed by atoms with Crippen molar-refractivity contribution in [1.82, 2.24) is 4.90 Å². The normalized spacial score (nSPS) is 19.8. The van der Waals surface area contributed by atoms with Crippen LogP contribution >= 0.6 is 0 Å². The third-order valence-corrected chi connectivity index (χ3v) is 4.80. The lowest BCUT2D eigenvalue weighted by Crippen LogP contribution is -2.39. The van der Waals surface area contributed by atoms with Crippen LogP contribution in [-0.4, -0.2) is 22.9 Å². The molecule has 2 aliphatic rings. The largest absolute Gasteiger partial charge is 0.332 e. The van der Waals surface area contributed by atoms with Crippen LogP contribution in [-0.2, 0) is 24.2 Å². The minimum atomic E-state index is -0.373. The molecule has 4 nitrogen and oxygen atoms in total. The Bertz CT molecular complexity index is 756. The smallest absolute Gasteiger partial charge is 0.307 e. The van der Waals surface area contributed by atoms with Crippen molar-refractivity contribution < 1.29 is 9.59 Å². The van der Waals surface area contributed by atoms with E-state index >= 15 is 0 Å². The second kappa shape index (κ2) is 5.23. The molecule has 4 rings (SSSR count). The maximum Gasteiger partial charge on any atom is 0.332 e. The van der Waals surface area contributed by atoms with E-state index in [4.69, 9.17) is 0 Å². The molecule has 0 spiro atoms. The van der Waals surface area contributed by atoms with Gasteiger partial charge in [0, 0.05) is 13.0 Å². The Hall–Kier alpha value is -2.62. The van der Waals surface area contributed by atoms with Crippen molar-refractivity contribution in [3.8, 4) is 0 Å². The zero-order valence-electron chi connectivity index (χ0n) is 13.0. The summed E-state index contributed by atoms with van der Waals surface area (Å²) in [6.07, 6.45) is 1.39. The molecule has 0 bridgehead atoms. The molecule has 0 radical (unpaired) electrons. The number of para-hydroxylation sites is 1. The third kappa shape index (κ3) is 2.05. The Labute approximate surface area is 135 Å². The van der Waals surface area contributed by atoms with Crippen LogP contribution in [0.4, 0.5) is 10.5 Å². The van der Waals surface area contributed by atoms with Crippen molar-refractivity contribution in [2.45, 2.75) is 32.4 Å². The molecule has 1 atom stereocenters. The molecule has 1 fully saturated rings. The lowest BCUT2D eigenvalue weighted by atomic mass is 9.95. The number of carbonyl (C=O) groups excluding carboxylic acids is 2. The number of hydrogen-bond donors (Lipinski definition) is 0. The van der Waals surface area contributed by atoms with Crippen LogP contribution in [0.1, 0.15) is 23.6 Å². The highest BCUT2D eigenvalue weighted by Gasteiger charge is 2.48. The predicted molar refractivity (Wildman–Crippen MR) is 88.2 cm³/mol. The molecule has 1 saturated heterocycles. The monoisotopic (exact) mass is 306 g/mol. The molecular weight excluding hydrogens is 288 g/mol. The van der Waals surface area contributed by atoms with Crippen molar-refractivity contribution in [3.05, 3.63) is 65.2 Å². The number of nitrogens with zero attached hydrogens (tertiary/aromatic N) is 2. The van der Waals surface area contributed by atoms with Gasteiger partial charge in [0.25, 0.3) is 5.91 Å². The van der Waals surface area contributed by atoms with Crippen LogP contribution < -0.4 is 4.90 Å². The highest BCUT2D eigenvalue weighted by Crippen LogP contribution is 2.34. The molecule has 0 N–H and O–H groups in total. The zero-order valence-corrected chi connectivity index (χ0v) is 13.0. The van der Waals surface area contributed by atoms with Gasteiger partial charge in [-0.25, -0.2) is 9.69 Å². The number of hydrogen-bond acceptors (Lipinski definition) is 2. The molecule has 2 aromatic rings. The van der Waals surface area contributed by atoms with E-state index in [1.807, 2.05) is 55.5 Å².